The van der Waals surface area contributed by atoms with Crippen LogP contribution in [0, 0.1) is 13.8 Å². The number of hydrogen-bond donors (Lipinski definition) is 1. The van der Waals surface area contributed by atoms with Crippen LogP contribution in [0.4, 0.5) is 11.4 Å². The maximum Gasteiger partial charge on any atom is 0.340 e. The van der Waals surface area contributed by atoms with E-state index in [0.717, 1.165) is 20.9 Å². The van der Waals surface area contributed by atoms with Gasteiger partial charge in [-0.15, -0.1) is 0 Å². The Morgan fingerprint density at radius 2 is 1.66 bits per heavy atom. The number of carbonyl (C=O) groups is 3. The molecule has 4 rings (SSSR count). The van der Waals surface area contributed by atoms with E-state index in [4.69, 9.17) is 4.74 Å². The Morgan fingerprint density at radius 1 is 0.914 bits per heavy atom. The number of aryl methyl sites for hydroxylation is 2. The van der Waals surface area contributed by atoms with Crippen molar-refractivity contribution in [3.8, 4) is 0 Å². The van der Waals surface area contributed by atoms with Gasteiger partial charge in [0.1, 0.15) is 10.6 Å². The van der Waals surface area contributed by atoms with Crippen molar-refractivity contribution in [1.29, 1.82) is 0 Å². The lowest BCUT2D eigenvalue weighted by Gasteiger charge is -2.18. The third kappa shape index (κ3) is 5.30. The van der Waals surface area contributed by atoms with Crippen LogP contribution in [-0.2, 0) is 14.3 Å². The van der Waals surface area contributed by atoms with Crippen LogP contribution in [-0.4, -0.2) is 24.4 Å². The van der Waals surface area contributed by atoms with Gasteiger partial charge in [0.15, 0.2) is 0 Å². The van der Waals surface area contributed by atoms with Gasteiger partial charge in [0.05, 0.1) is 17.9 Å². The summed E-state index contributed by atoms with van der Waals surface area (Å²) in [6.45, 7) is 6.09. The Balaban J connectivity index is 1.75. The molecule has 0 atom stereocenters. The van der Waals surface area contributed by atoms with E-state index < -0.39 is 17.8 Å². The number of amides is 2. The minimum absolute atomic E-state index is 0.166. The quantitative estimate of drug-likeness (QED) is 0.318. The van der Waals surface area contributed by atoms with Crippen molar-refractivity contribution < 1.29 is 19.1 Å². The number of benzene rings is 3. The second kappa shape index (κ2) is 10.6. The second-order valence-corrected chi connectivity index (χ2v) is 9.30. The number of hydrogen-bond acceptors (Lipinski definition) is 6. The number of thioether (sulfide) groups is 1. The Kier molecular flexibility index (Phi) is 7.36. The molecular weight excluding hydrogens is 460 g/mol. The average molecular weight is 487 g/mol. The summed E-state index contributed by atoms with van der Waals surface area (Å²) >= 11 is 1.22. The topological polar surface area (TPSA) is 75.7 Å². The zero-order chi connectivity index (χ0) is 24.9. The van der Waals surface area contributed by atoms with Gasteiger partial charge in [0.2, 0.25) is 0 Å². The number of esters is 1. The molecule has 7 heteroatoms. The largest absolute Gasteiger partial charge is 0.462 e. The number of ether oxygens (including phenoxy) is 1. The minimum atomic E-state index is -0.573. The van der Waals surface area contributed by atoms with Gasteiger partial charge in [-0.05, 0) is 62.2 Å². The van der Waals surface area contributed by atoms with Crippen molar-refractivity contribution >= 4 is 40.9 Å². The summed E-state index contributed by atoms with van der Waals surface area (Å²) in [7, 11) is 0. The van der Waals surface area contributed by atoms with Gasteiger partial charge in [0.25, 0.3) is 11.8 Å². The van der Waals surface area contributed by atoms with Crippen LogP contribution in [0.1, 0.15) is 34.8 Å². The molecule has 1 heterocycles. The molecule has 0 spiro atoms. The van der Waals surface area contributed by atoms with E-state index in [1.807, 2.05) is 69.3 Å². The van der Waals surface area contributed by atoms with Crippen LogP contribution >= 0.6 is 11.8 Å². The SMILES string of the molecule is CCCOC(=O)c1ccccc1N1C(=O)C(Nc2cccc(C)c2)=C(Sc2ccc(C)cc2)C1=O. The van der Waals surface area contributed by atoms with Gasteiger partial charge in [0, 0.05) is 10.6 Å². The van der Waals surface area contributed by atoms with Gasteiger partial charge in [-0.2, -0.15) is 0 Å². The van der Waals surface area contributed by atoms with Crippen molar-refractivity contribution in [3.63, 3.8) is 0 Å². The molecule has 2 amide bonds. The third-order valence-corrected chi connectivity index (χ3v) is 6.46. The van der Waals surface area contributed by atoms with E-state index in [2.05, 4.69) is 5.32 Å². The highest BCUT2D eigenvalue weighted by atomic mass is 32.2. The zero-order valence-electron chi connectivity index (χ0n) is 19.8. The highest BCUT2D eigenvalue weighted by Gasteiger charge is 2.41. The smallest absolute Gasteiger partial charge is 0.340 e. The van der Waals surface area contributed by atoms with Crippen molar-refractivity contribution in [2.24, 2.45) is 0 Å². The number of rotatable bonds is 8. The van der Waals surface area contributed by atoms with Gasteiger partial charge < -0.3 is 10.1 Å². The number of carbonyl (C=O) groups excluding carboxylic acids is 3. The van der Waals surface area contributed by atoms with Crippen molar-refractivity contribution in [1.82, 2.24) is 0 Å². The van der Waals surface area contributed by atoms with E-state index in [0.29, 0.717) is 12.1 Å². The average Bonchev–Trinajstić information content (AvgIpc) is 3.07. The molecule has 1 N–H and O–H groups in total. The van der Waals surface area contributed by atoms with E-state index in [1.165, 1.54) is 11.8 Å². The summed E-state index contributed by atoms with van der Waals surface area (Å²) < 4.78 is 5.29. The van der Waals surface area contributed by atoms with Crippen molar-refractivity contribution in [3.05, 3.63) is 100 Å². The maximum absolute atomic E-state index is 13.7. The van der Waals surface area contributed by atoms with Gasteiger partial charge in [-0.3, -0.25) is 9.59 Å². The van der Waals surface area contributed by atoms with E-state index in [-0.39, 0.29) is 28.5 Å². The van der Waals surface area contributed by atoms with E-state index in [1.54, 1.807) is 24.3 Å². The Morgan fingerprint density at radius 3 is 2.37 bits per heavy atom. The monoisotopic (exact) mass is 486 g/mol. The number of nitrogens with one attached hydrogen (secondary N) is 1. The summed E-state index contributed by atoms with van der Waals surface area (Å²) in [6.07, 6.45) is 0.666. The molecule has 0 radical (unpaired) electrons. The molecule has 178 valence electrons. The molecule has 0 fully saturated rings. The number of nitrogens with zero attached hydrogens (tertiary/aromatic N) is 1. The lowest BCUT2D eigenvalue weighted by Crippen LogP contribution is -2.33. The van der Waals surface area contributed by atoms with Crippen LogP contribution in [0.2, 0.25) is 0 Å². The first-order valence-corrected chi connectivity index (χ1v) is 12.2. The first-order valence-electron chi connectivity index (χ1n) is 11.4. The van der Waals surface area contributed by atoms with Crippen LogP contribution in [0.15, 0.2) is 88.3 Å². The molecule has 0 bridgehead atoms. The normalized spacial score (nSPS) is 13.4. The predicted molar refractivity (Wildman–Crippen MR) is 138 cm³/mol. The van der Waals surface area contributed by atoms with Crippen LogP contribution in [0.25, 0.3) is 0 Å². The number of para-hydroxylation sites is 1. The molecule has 0 saturated carbocycles. The van der Waals surface area contributed by atoms with Crippen LogP contribution in [0.3, 0.4) is 0 Å². The molecule has 0 unspecified atom stereocenters. The molecule has 1 aliphatic rings. The third-order valence-electron chi connectivity index (χ3n) is 5.37. The molecule has 3 aromatic carbocycles. The first-order chi connectivity index (χ1) is 16.9. The molecule has 0 aliphatic carbocycles. The Bertz CT molecular complexity index is 1310. The van der Waals surface area contributed by atoms with Gasteiger partial charge in [-0.25, -0.2) is 9.69 Å². The molecule has 0 aromatic heterocycles. The summed E-state index contributed by atoms with van der Waals surface area (Å²) in [6, 6.07) is 21.8. The molecule has 1 aliphatic heterocycles. The fourth-order valence-electron chi connectivity index (χ4n) is 3.64. The maximum atomic E-state index is 13.7. The molecule has 0 saturated heterocycles. The first kappa shape index (κ1) is 24.3. The molecule has 3 aromatic rings. The lowest BCUT2D eigenvalue weighted by molar-refractivity contribution is -0.120. The summed E-state index contributed by atoms with van der Waals surface area (Å²) in [5, 5.41) is 3.16. The Hall–Kier alpha value is -3.84. The standard InChI is InChI=1S/C28H26N2O4S/c1-4-16-34-28(33)22-10-5-6-11-23(22)30-26(31)24(29-20-9-7-8-19(3)17-20)25(27(30)32)35-21-14-12-18(2)13-15-21/h5-15,17,29H,4,16H2,1-3H3. The number of anilines is 2. The summed E-state index contributed by atoms with van der Waals surface area (Å²) in [5.74, 6) is -1.59. The van der Waals surface area contributed by atoms with Gasteiger partial charge >= 0.3 is 5.97 Å². The molecule has 35 heavy (non-hydrogen) atoms. The summed E-state index contributed by atoms with van der Waals surface area (Å²) in [5.41, 5.74) is 3.34. The molecule has 6 nitrogen and oxygen atoms in total. The van der Waals surface area contributed by atoms with Crippen molar-refractivity contribution in [2.45, 2.75) is 32.1 Å². The minimum Gasteiger partial charge on any atom is -0.462 e. The predicted octanol–water partition coefficient (Wildman–Crippen LogP) is 5.86. The van der Waals surface area contributed by atoms with Gasteiger partial charge in [-0.1, -0.05) is 60.6 Å². The fourth-order valence-corrected chi connectivity index (χ4v) is 4.57. The summed E-state index contributed by atoms with van der Waals surface area (Å²) in [4.78, 5) is 42.2. The van der Waals surface area contributed by atoms with E-state index >= 15 is 0 Å². The zero-order valence-corrected chi connectivity index (χ0v) is 20.6. The highest BCUT2D eigenvalue weighted by molar-refractivity contribution is 8.04. The van der Waals surface area contributed by atoms with Crippen LogP contribution < -0.4 is 10.2 Å². The Labute approximate surface area is 209 Å². The van der Waals surface area contributed by atoms with Crippen LogP contribution in [0.5, 0.6) is 0 Å². The van der Waals surface area contributed by atoms with E-state index in [9.17, 15) is 14.4 Å². The lowest BCUT2D eigenvalue weighted by atomic mass is 10.1. The van der Waals surface area contributed by atoms with Crippen molar-refractivity contribution in [2.75, 3.05) is 16.8 Å². The fraction of sp³-hybridized carbons (Fsp3) is 0.179. The highest BCUT2D eigenvalue weighted by Crippen LogP contribution is 2.39. The number of imide groups is 1. The second-order valence-electron chi connectivity index (χ2n) is 8.21. The molecular formula is C28H26N2O4S.